The molecule has 1 atom stereocenters. The number of Topliss-reactive ketones (excluding diaryl/α,β-unsaturated/α-hetero) is 1. The van der Waals surface area contributed by atoms with E-state index in [2.05, 4.69) is 47.7 Å². The van der Waals surface area contributed by atoms with Crippen molar-refractivity contribution in [1.29, 1.82) is 0 Å². The van der Waals surface area contributed by atoms with Crippen molar-refractivity contribution in [3.63, 3.8) is 0 Å². The molecule has 0 fully saturated rings. The summed E-state index contributed by atoms with van der Waals surface area (Å²) in [4.78, 5) is 12.6. The Labute approximate surface area is 125 Å². The van der Waals surface area contributed by atoms with Crippen LogP contribution < -0.4 is 5.73 Å². The smallest absolute Gasteiger partial charge is 0.229 e. The Balaban J connectivity index is 3.39. The number of carbonyl (C=O) groups excluding carboxylic acids is 1. The van der Waals surface area contributed by atoms with Crippen LogP contribution in [0.5, 0.6) is 0 Å². The highest BCUT2D eigenvalue weighted by atomic mass is 28.3. The van der Waals surface area contributed by atoms with Crippen LogP contribution in [0.15, 0.2) is 11.3 Å². The molecule has 0 amide bonds. The molecule has 0 radical (unpaired) electrons. The van der Waals surface area contributed by atoms with Gasteiger partial charge in [0.05, 0.1) is 11.3 Å². The van der Waals surface area contributed by atoms with Gasteiger partial charge in [-0.25, -0.2) is 0 Å². The Bertz CT molecular complexity index is 403. The number of hydrogen-bond acceptors (Lipinski definition) is 3. The molecule has 0 spiro atoms. The third-order valence-electron chi connectivity index (χ3n) is 4.40. The van der Waals surface area contributed by atoms with Gasteiger partial charge in [0.2, 0.25) is 9.04 Å². The maximum Gasteiger partial charge on any atom is 0.229 e. The van der Waals surface area contributed by atoms with Crippen LogP contribution in [-0.2, 0) is 9.22 Å². The molecule has 0 aromatic rings. The molecule has 0 bridgehead atoms. The van der Waals surface area contributed by atoms with Crippen LogP contribution >= 0.6 is 0 Å². The van der Waals surface area contributed by atoms with Crippen molar-refractivity contribution in [2.75, 3.05) is 0 Å². The molecule has 0 saturated heterocycles. The fourth-order valence-electron chi connectivity index (χ4n) is 2.91. The van der Waals surface area contributed by atoms with Crippen LogP contribution in [0.1, 0.15) is 53.9 Å². The van der Waals surface area contributed by atoms with E-state index in [0.29, 0.717) is 6.42 Å². The van der Waals surface area contributed by atoms with Gasteiger partial charge >= 0.3 is 0 Å². The average Bonchev–Trinajstić information content (AvgIpc) is 2.65. The van der Waals surface area contributed by atoms with Crippen LogP contribution in [-0.4, -0.2) is 20.4 Å². The van der Waals surface area contributed by atoms with E-state index in [1.807, 2.05) is 0 Å². The number of allylic oxidation sites excluding steroid dienone is 1. The Morgan fingerprint density at radius 1 is 1.25 bits per heavy atom. The Hall–Kier alpha value is -0.613. The van der Waals surface area contributed by atoms with Crippen LogP contribution in [0.4, 0.5) is 0 Å². The van der Waals surface area contributed by atoms with Crippen molar-refractivity contribution < 1.29 is 9.22 Å². The molecule has 1 rings (SSSR count). The summed E-state index contributed by atoms with van der Waals surface area (Å²) < 4.78 is 6.20. The van der Waals surface area contributed by atoms with Crippen molar-refractivity contribution in [2.24, 2.45) is 17.1 Å². The van der Waals surface area contributed by atoms with E-state index in [1.54, 1.807) is 0 Å². The lowest BCUT2D eigenvalue weighted by molar-refractivity contribution is -0.116. The second-order valence-electron chi connectivity index (χ2n) is 7.32. The van der Waals surface area contributed by atoms with E-state index in [9.17, 15) is 4.79 Å². The summed E-state index contributed by atoms with van der Waals surface area (Å²) in [5, 5.41) is 0. The maximum absolute atomic E-state index is 12.6. The molecular formula is C16H31NO2Si. The van der Waals surface area contributed by atoms with Gasteiger partial charge in [-0.05, 0) is 31.4 Å². The fraction of sp³-hybridized carbons (Fsp3) is 0.812. The SMILES string of the molecule is CCC(N)(CC)C1=C(O[SiH](C)C)[C@@H](C(C)(C)C)CC1=O. The Kier molecular flexibility index (Phi) is 5.25. The number of ketones is 1. The summed E-state index contributed by atoms with van der Waals surface area (Å²) in [5.41, 5.74) is 6.80. The highest BCUT2D eigenvalue weighted by molar-refractivity contribution is 6.48. The van der Waals surface area contributed by atoms with E-state index < -0.39 is 14.6 Å². The minimum Gasteiger partial charge on any atom is -0.549 e. The molecule has 2 N–H and O–H groups in total. The third kappa shape index (κ3) is 3.34. The molecule has 0 aliphatic heterocycles. The average molecular weight is 298 g/mol. The highest BCUT2D eigenvalue weighted by Gasteiger charge is 2.46. The standard InChI is InChI=1S/C16H31NO2Si/c1-8-16(17,9-2)13-12(18)10-11(15(3,4)5)14(13)19-20(6)7/h11,20H,8-10,17H2,1-7H3/t11-/m0/s1. The van der Waals surface area contributed by atoms with Gasteiger partial charge in [-0.2, -0.15) is 0 Å². The second-order valence-corrected chi connectivity index (χ2v) is 9.65. The molecule has 116 valence electrons. The molecule has 1 aliphatic rings. The first kappa shape index (κ1) is 17.4. The fourth-order valence-corrected chi connectivity index (χ4v) is 3.70. The Morgan fingerprint density at radius 2 is 1.75 bits per heavy atom. The minimum atomic E-state index is -1.26. The van der Waals surface area contributed by atoms with Crippen molar-refractivity contribution >= 4 is 14.8 Å². The van der Waals surface area contributed by atoms with Crippen LogP contribution in [0, 0.1) is 11.3 Å². The van der Waals surface area contributed by atoms with Gasteiger partial charge in [0, 0.05) is 17.9 Å². The summed E-state index contributed by atoms with van der Waals surface area (Å²) >= 11 is 0. The summed E-state index contributed by atoms with van der Waals surface area (Å²) in [5.74, 6) is 1.28. The molecule has 0 aromatic heterocycles. The molecule has 1 aliphatic carbocycles. The molecule has 4 heteroatoms. The lowest BCUT2D eigenvalue weighted by Gasteiger charge is -2.33. The van der Waals surface area contributed by atoms with Gasteiger partial charge in [0.25, 0.3) is 0 Å². The largest absolute Gasteiger partial charge is 0.549 e. The zero-order valence-electron chi connectivity index (χ0n) is 14.2. The molecule has 3 nitrogen and oxygen atoms in total. The van der Waals surface area contributed by atoms with Crippen molar-refractivity contribution in [3.8, 4) is 0 Å². The van der Waals surface area contributed by atoms with Crippen LogP contribution in [0.3, 0.4) is 0 Å². The predicted octanol–water partition coefficient (Wildman–Crippen LogP) is 3.39. The lowest BCUT2D eigenvalue weighted by Crippen LogP contribution is -2.43. The van der Waals surface area contributed by atoms with Crippen molar-refractivity contribution in [3.05, 3.63) is 11.3 Å². The number of hydrogen-bond donors (Lipinski definition) is 1. The van der Waals surface area contributed by atoms with Crippen LogP contribution in [0.2, 0.25) is 13.1 Å². The number of rotatable bonds is 5. The van der Waals surface area contributed by atoms with Gasteiger partial charge in [0.15, 0.2) is 5.78 Å². The molecule has 20 heavy (non-hydrogen) atoms. The first-order chi connectivity index (χ1) is 9.06. The number of carbonyl (C=O) groups is 1. The minimum absolute atomic E-state index is 0.0262. The molecule has 0 aromatic carbocycles. The van der Waals surface area contributed by atoms with Crippen molar-refractivity contribution in [2.45, 2.75) is 72.5 Å². The van der Waals surface area contributed by atoms with E-state index in [-0.39, 0.29) is 17.1 Å². The van der Waals surface area contributed by atoms with Gasteiger partial charge in [-0.3, -0.25) is 4.79 Å². The maximum atomic E-state index is 12.6. The predicted molar refractivity (Wildman–Crippen MR) is 87.1 cm³/mol. The quantitative estimate of drug-likeness (QED) is 0.791. The first-order valence-corrected chi connectivity index (χ1v) is 10.6. The highest BCUT2D eigenvalue weighted by Crippen LogP contribution is 2.45. The van der Waals surface area contributed by atoms with E-state index in [4.69, 9.17) is 10.2 Å². The van der Waals surface area contributed by atoms with E-state index in [1.165, 1.54) is 0 Å². The van der Waals surface area contributed by atoms with Gasteiger partial charge in [0.1, 0.15) is 0 Å². The second kappa shape index (κ2) is 6.02. The lowest BCUT2D eigenvalue weighted by atomic mass is 9.79. The van der Waals surface area contributed by atoms with Crippen molar-refractivity contribution in [1.82, 2.24) is 0 Å². The van der Waals surface area contributed by atoms with Gasteiger partial charge in [-0.15, -0.1) is 0 Å². The third-order valence-corrected chi connectivity index (χ3v) is 5.12. The zero-order chi connectivity index (χ0) is 15.7. The molecule has 0 saturated carbocycles. The normalized spacial score (nSPS) is 21.1. The van der Waals surface area contributed by atoms with E-state index in [0.717, 1.165) is 24.2 Å². The summed E-state index contributed by atoms with van der Waals surface area (Å²) in [6.45, 7) is 14.9. The first-order valence-electron chi connectivity index (χ1n) is 7.80. The molecule has 0 heterocycles. The molecule has 0 unspecified atom stereocenters. The van der Waals surface area contributed by atoms with Gasteiger partial charge < -0.3 is 10.2 Å². The molecular weight excluding hydrogens is 266 g/mol. The summed E-state index contributed by atoms with van der Waals surface area (Å²) in [6.07, 6.45) is 2.09. The summed E-state index contributed by atoms with van der Waals surface area (Å²) in [6, 6.07) is 0. The van der Waals surface area contributed by atoms with Crippen LogP contribution in [0.25, 0.3) is 0 Å². The number of nitrogens with two attached hydrogens (primary N) is 1. The van der Waals surface area contributed by atoms with Gasteiger partial charge in [-0.1, -0.05) is 34.6 Å². The Morgan fingerprint density at radius 3 is 2.10 bits per heavy atom. The summed E-state index contributed by atoms with van der Waals surface area (Å²) in [7, 11) is -1.26. The zero-order valence-corrected chi connectivity index (χ0v) is 15.3. The monoisotopic (exact) mass is 297 g/mol. The van der Waals surface area contributed by atoms with E-state index >= 15 is 0 Å². The topological polar surface area (TPSA) is 52.3 Å².